The van der Waals surface area contributed by atoms with E-state index in [0.29, 0.717) is 17.8 Å². The lowest BCUT2D eigenvalue weighted by Gasteiger charge is -2.40. The summed E-state index contributed by atoms with van der Waals surface area (Å²) in [6.07, 6.45) is 2.32. The van der Waals surface area contributed by atoms with E-state index in [9.17, 15) is 9.90 Å². The van der Waals surface area contributed by atoms with E-state index in [1.165, 1.54) is 6.33 Å². The number of benzene rings is 2. The molecule has 1 aliphatic rings. The molecule has 1 radical (unpaired) electrons. The van der Waals surface area contributed by atoms with Crippen LogP contribution in [0.25, 0.3) is 22.3 Å². The number of ether oxygens (including phenoxy) is 2. The van der Waals surface area contributed by atoms with Gasteiger partial charge in [-0.3, -0.25) is 9.88 Å². The first-order chi connectivity index (χ1) is 23.9. The van der Waals surface area contributed by atoms with Crippen LogP contribution in [-0.4, -0.2) is 68.4 Å². The van der Waals surface area contributed by atoms with Crippen LogP contribution in [0.3, 0.4) is 0 Å². The number of hydrogen-bond acceptors (Lipinski definition) is 10. The fraction of sp³-hybridized carbons (Fsp3) is 0.389. The Morgan fingerprint density at radius 3 is 2.20 bits per heavy atom. The fourth-order valence-corrected chi connectivity index (χ4v) is 13.6. The Labute approximate surface area is 296 Å². The molecular formula is C36H46N5O7Si2. The number of amides is 1. The highest BCUT2D eigenvalue weighted by Crippen LogP contribution is 2.44. The molecule has 1 aliphatic carbocycles. The molecule has 14 heteroatoms. The summed E-state index contributed by atoms with van der Waals surface area (Å²) in [7, 11) is -4.70. The number of aliphatic hydroxyl groups excluding tert-OH is 1. The Morgan fingerprint density at radius 2 is 1.60 bits per heavy atom. The van der Waals surface area contributed by atoms with Crippen LogP contribution >= 0.6 is 0 Å². The van der Waals surface area contributed by atoms with Crippen molar-refractivity contribution in [3.05, 3.63) is 97.0 Å². The predicted molar refractivity (Wildman–Crippen MR) is 196 cm³/mol. The summed E-state index contributed by atoms with van der Waals surface area (Å²) in [4.78, 5) is 26.0. The Kier molecular flexibility index (Phi) is 11.9. The second-order valence-electron chi connectivity index (χ2n) is 13.0. The van der Waals surface area contributed by atoms with Crippen LogP contribution in [0, 0.1) is 0 Å². The zero-order valence-electron chi connectivity index (χ0n) is 29.5. The number of fused-ring (bicyclic) bond motifs is 4. The molecule has 50 heavy (non-hydrogen) atoms. The molecule has 0 saturated carbocycles. The number of hydrogen-bond donors (Lipinski definition) is 2. The first-order valence-electron chi connectivity index (χ1n) is 16.7. The van der Waals surface area contributed by atoms with Crippen molar-refractivity contribution in [2.75, 3.05) is 25.1 Å². The maximum absolute atomic E-state index is 13.0. The van der Waals surface area contributed by atoms with Crippen molar-refractivity contribution in [1.82, 2.24) is 19.5 Å². The maximum Gasteiger partial charge on any atom is 0.451 e. The maximum atomic E-state index is 13.0. The zero-order chi connectivity index (χ0) is 36.0. The molecule has 2 N–H and O–H groups in total. The molecule has 0 unspecified atom stereocenters. The SMILES string of the molecule is C=C(O)C(=C)O[Si](O[Si](OCCOCn1cnc2c(NC(=O)OCC3c4ccccc4-c4ccccc43)ncnc21)(C(C)C)C(C)C)C(C)C. The first-order valence-corrected chi connectivity index (χ1v) is 20.1. The highest BCUT2D eigenvalue weighted by molar-refractivity contribution is 6.76. The lowest BCUT2D eigenvalue weighted by atomic mass is 9.98. The third kappa shape index (κ3) is 8.00. The van der Waals surface area contributed by atoms with Crippen LogP contribution in [0.2, 0.25) is 16.6 Å². The third-order valence-electron chi connectivity index (χ3n) is 8.64. The van der Waals surface area contributed by atoms with Crippen molar-refractivity contribution < 1.29 is 32.3 Å². The van der Waals surface area contributed by atoms with Crippen LogP contribution < -0.4 is 5.32 Å². The lowest BCUT2D eigenvalue weighted by Crippen LogP contribution is -2.53. The van der Waals surface area contributed by atoms with Crippen LogP contribution in [0.5, 0.6) is 0 Å². The van der Waals surface area contributed by atoms with Gasteiger partial charge in [-0.25, -0.2) is 19.7 Å². The van der Waals surface area contributed by atoms with Gasteiger partial charge >= 0.3 is 23.9 Å². The van der Waals surface area contributed by atoms with E-state index >= 15 is 0 Å². The van der Waals surface area contributed by atoms with E-state index < -0.39 is 23.9 Å². The quantitative estimate of drug-likeness (QED) is 0.0479. The molecule has 1 amide bonds. The van der Waals surface area contributed by atoms with Gasteiger partial charge in [-0.2, -0.15) is 0 Å². The lowest BCUT2D eigenvalue weighted by molar-refractivity contribution is 0.0453. The van der Waals surface area contributed by atoms with Gasteiger partial charge in [-0.1, -0.05) is 103 Å². The molecule has 4 aromatic rings. The number of carbonyl (C=O) groups is 1. The molecule has 5 rings (SSSR count). The van der Waals surface area contributed by atoms with Crippen molar-refractivity contribution >= 4 is 40.9 Å². The highest BCUT2D eigenvalue weighted by Gasteiger charge is 2.49. The van der Waals surface area contributed by atoms with Gasteiger partial charge in [0, 0.05) is 11.5 Å². The van der Waals surface area contributed by atoms with Gasteiger partial charge in [0.15, 0.2) is 17.0 Å². The molecular weight excluding hydrogens is 671 g/mol. The third-order valence-corrected chi connectivity index (χ3v) is 16.0. The van der Waals surface area contributed by atoms with Gasteiger partial charge < -0.3 is 27.5 Å². The minimum atomic E-state index is -2.82. The molecule has 265 valence electrons. The standard InChI is InChI=1S/C36H46N5O7Si2/c1-23(2)49(47-27(8)26(7)42)48-50(24(3)4,25(5)6)46-18-17-44-22-41-21-39-33-34(37-20-38-35(33)41)40-36(43)45-19-32-30-15-11-9-13-28(30)29-14-10-12-16-31(29)32/h9-16,20-21,23-25,32,42H,7-8,17-19,22H2,1-6H3,(H,37,38,40,43). The van der Waals surface area contributed by atoms with Crippen LogP contribution in [0.1, 0.15) is 58.6 Å². The smallest absolute Gasteiger partial charge is 0.451 e. The Balaban J connectivity index is 1.17. The van der Waals surface area contributed by atoms with Crippen molar-refractivity contribution in [3.63, 3.8) is 0 Å². The average molecular weight is 717 g/mol. The number of nitrogens with one attached hydrogen (secondary N) is 1. The fourth-order valence-electron chi connectivity index (χ4n) is 6.08. The number of imidazole rings is 1. The van der Waals surface area contributed by atoms with Crippen molar-refractivity contribution in [1.29, 1.82) is 0 Å². The topological polar surface area (TPSA) is 139 Å². The van der Waals surface area contributed by atoms with Gasteiger partial charge in [-0.05, 0) is 33.3 Å². The molecule has 2 heterocycles. The Hall–Kier alpha value is -4.35. The molecule has 0 bridgehead atoms. The van der Waals surface area contributed by atoms with Crippen molar-refractivity contribution in [3.8, 4) is 11.1 Å². The molecule has 2 aromatic carbocycles. The molecule has 0 spiro atoms. The van der Waals surface area contributed by atoms with Crippen LogP contribution in [0.15, 0.2) is 85.9 Å². The number of rotatable bonds is 17. The predicted octanol–water partition coefficient (Wildman–Crippen LogP) is 7.96. The summed E-state index contributed by atoms with van der Waals surface area (Å²) in [6, 6.07) is 16.4. The Bertz CT molecular complexity index is 1780. The van der Waals surface area contributed by atoms with E-state index in [0.717, 1.165) is 22.3 Å². The number of carbonyl (C=O) groups excluding carboxylic acids is 1. The van der Waals surface area contributed by atoms with E-state index in [-0.39, 0.29) is 59.8 Å². The molecule has 12 nitrogen and oxygen atoms in total. The second-order valence-corrected chi connectivity index (χ2v) is 19.9. The summed E-state index contributed by atoms with van der Waals surface area (Å²) in [5, 5.41) is 12.5. The largest absolute Gasteiger partial charge is 0.517 e. The van der Waals surface area contributed by atoms with Gasteiger partial charge in [-0.15, -0.1) is 0 Å². The summed E-state index contributed by atoms with van der Waals surface area (Å²) in [5.41, 5.74) is 5.80. The normalized spacial score (nSPS) is 12.9. The average Bonchev–Trinajstić information content (AvgIpc) is 3.65. The molecule has 0 atom stereocenters. The van der Waals surface area contributed by atoms with Crippen molar-refractivity contribution in [2.24, 2.45) is 0 Å². The summed E-state index contributed by atoms with van der Waals surface area (Å²) >= 11 is 0. The number of aliphatic hydroxyl groups is 1. The molecule has 2 aromatic heterocycles. The van der Waals surface area contributed by atoms with Gasteiger partial charge in [0.05, 0.1) is 19.5 Å². The summed E-state index contributed by atoms with van der Waals surface area (Å²) < 4.78 is 32.6. The van der Waals surface area contributed by atoms with Gasteiger partial charge in [0.2, 0.25) is 0 Å². The minimum Gasteiger partial charge on any atom is -0.517 e. The molecule has 0 saturated heterocycles. The summed E-state index contributed by atoms with van der Waals surface area (Å²) in [6.45, 7) is 20.6. The van der Waals surface area contributed by atoms with E-state index in [1.54, 1.807) is 10.9 Å². The second kappa shape index (κ2) is 16.1. The number of anilines is 1. The molecule has 0 fully saturated rings. The minimum absolute atomic E-state index is 0.0578. The van der Waals surface area contributed by atoms with E-state index in [4.69, 9.17) is 22.4 Å². The van der Waals surface area contributed by atoms with Crippen molar-refractivity contribution in [2.45, 2.75) is 70.8 Å². The number of aromatic nitrogens is 4. The highest BCUT2D eigenvalue weighted by atomic mass is 28.4. The van der Waals surface area contributed by atoms with Gasteiger partial charge in [0.1, 0.15) is 31.2 Å². The first kappa shape index (κ1) is 36.9. The monoisotopic (exact) mass is 716 g/mol. The summed E-state index contributed by atoms with van der Waals surface area (Å²) in [5.74, 6) is 0.0790. The van der Waals surface area contributed by atoms with E-state index in [2.05, 4.69) is 85.4 Å². The van der Waals surface area contributed by atoms with E-state index in [1.807, 2.05) is 38.1 Å². The van der Waals surface area contributed by atoms with Crippen LogP contribution in [-0.2, 0) is 29.2 Å². The van der Waals surface area contributed by atoms with Gasteiger partial charge in [0.25, 0.3) is 0 Å². The molecule has 0 aliphatic heterocycles. The Morgan fingerprint density at radius 1 is 0.960 bits per heavy atom. The zero-order valence-corrected chi connectivity index (χ0v) is 31.5. The number of nitrogens with zero attached hydrogens (tertiary/aromatic N) is 4. The van der Waals surface area contributed by atoms with Crippen LogP contribution in [0.4, 0.5) is 10.6 Å².